The number of halogens is 3. The van der Waals surface area contributed by atoms with Crippen molar-refractivity contribution in [3.05, 3.63) is 69.1 Å². The number of benzene rings is 2. The number of aryl methyl sites for hydroxylation is 1. The number of aromatic nitrogens is 4. The summed E-state index contributed by atoms with van der Waals surface area (Å²) in [6.07, 6.45) is -3.94. The fourth-order valence-electron chi connectivity index (χ4n) is 3.46. The molecule has 0 spiro atoms. The van der Waals surface area contributed by atoms with Crippen LogP contribution in [-0.4, -0.2) is 32.1 Å². The van der Waals surface area contributed by atoms with Gasteiger partial charge in [0.15, 0.2) is 0 Å². The van der Waals surface area contributed by atoms with E-state index in [0.717, 1.165) is 38.7 Å². The first-order valence-corrected chi connectivity index (χ1v) is 9.37. The summed E-state index contributed by atoms with van der Waals surface area (Å²) in [4.78, 5) is 17.5. The average Bonchev–Trinajstić information content (AvgIpc) is 3.34. The van der Waals surface area contributed by atoms with Crippen molar-refractivity contribution in [2.45, 2.75) is 26.1 Å². The highest BCUT2D eigenvalue weighted by Crippen LogP contribution is 2.35. The van der Waals surface area contributed by atoms with E-state index in [1.807, 2.05) is 18.2 Å². The molecule has 4 rings (SSSR count). The molecule has 1 aromatic heterocycles. The van der Waals surface area contributed by atoms with Crippen LogP contribution in [0.15, 0.2) is 46.3 Å². The zero-order chi connectivity index (χ0) is 22.2. The van der Waals surface area contributed by atoms with E-state index >= 15 is 0 Å². The Hall–Kier alpha value is -3.63. The molecule has 0 N–H and O–H groups in total. The van der Waals surface area contributed by atoms with Crippen LogP contribution in [0.25, 0.3) is 5.69 Å². The summed E-state index contributed by atoms with van der Waals surface area (Å²) in [6.45, 7) is 1.75. The second-order valence-electron chi connectivity index (χ2n) is 6.93. The molecule has 1 aliphatic heterocycles. The number of hydrogen-bond donors (Lipinski definition) is 0. The van der Waals surface area contributed by atoms with Gasteiger partial charge in [0.25, 0.3) is 0 Å². The molecule has 0 bridgehead atoms. The zero-order valence-electron chi connectivity index (χ0n) is 16.7. The summed E-state index contributed by atoms with van der Waals surface area (Å²) in [7, 11) is 1.35. The molecule has 8 nitrogen and oxygen atoms in total. The van der Waals surface area contributed by atoms with Crippen molar-refractivity contribution in [2.75, 3.05) is 6.61 Å². The summed E-state index contributed by atoms with van der Waals surface area (Å²) in [5, 5.41) is 11.2. The Labute approximate surface area is 174 Å². The third kappa shape index (κ3) is 3.90. The van der Waals surface area contributed by atoms with E-state index in [1.54, 1.807) is 6.92 Å². The smallest absolute Gasteiger partial charge is 0.416 e. The largest absolute Gasteiger partial charge is 0.493 e. The number of nitrogens with zero attached hydrogens (tertiary/aromatic N) is 5. The van der Waals surface area contributed by atoms with Gasteiger partial charge in [-0.05, 0) is 35.5 Å². The van der Waals surface area contributed by atoms with Crippen LogP contribution in [0.2, 0.25) is 0 Å². The Balaban J connectivity index is 1.68. The maximum absolute atomic E-state index is 13.6. The molecule has 11 heteroatoms. The Morgan fingerprint density at radius 1 is 1.23 bits per heavy atom. The lowest BCUT2D eigenvalue weighted by atomic mass is 10.0. The van der Waals surface area contributed by atoms with E-state index in [4.69, 9.17) is 9.57 Å². The van der Waals surface area contributed by atoms with Crippen molar-refractivity contribution >= 4 is 5.71 Å². The summed E-state index contributed by atoms with van der Waals surface area (Å²) in [5.41, 5.74) is 0.333. The molecule has 0 radical (unpaired) electrons. The van der Waals surface area contributed by atoms with Crippen molar-refractivity contribution in [2.24, 2.45) is 12.2 Å². The highest BCUT2D eigenvalue weighted by atomic mass is 19.4. The molecule has 0 atom stereocenters. The number of rotatable bonds is 5. The van der Waals surface area contributed by atoms with Gasteiger partial charge in [-0.15, -0.1) is 0 Å². The minimum atomic E-state index is -4.66. The number of tetrazole rings is 1. The van der Waals surface area contributed by atoms with Gasteiger partial charge in [0, 0.05) is 30.2 Å². The van der Waals surface area contributed by atoms with Crippen LogP contribution in [0.5, 0.6) is 5.75 Å². The molecule has 0 fully saturated rings. The quantitative estimate of drug-likeness (QED) is 0.457. The first-order chi connectivity index (χ1) is 14.8. The van der Waals surface area contributed by atoms with Crippen LogP contribution in [-0.2, 0) is 31.1 Å². The summed E-state index contributed by atoms with van der Waals surface area (Å²) in [5.74, 6) is 0.763. The predicted octanol–water partition coefficient (Wildman–Crippen LogP) is 2.86. The standard InChI is InChI=1S/C20H18F3N5O3/c1-12(13-5-3-8-18-14(13)9-10-30-18)24-31-11-15-16(20(21,22)23)6-4-7-17(15)28-19(29)27(2)25-26-28/h3-8H,9-11H2,1-2H3. The summed E-state index contributed by atoms with van der Waals surface area (Å²) in [6, 6.07) is 8.98. The third-order valence-corrected chi connectivity index (χ3v) is 4.95. The maximum Gasteiger partial charge on any atom is 0.416 e. The molecule has 0 unspecified atom stereocenters. The molecule has 2 heterocycles. The van der Waals surface area contributed by atoms with Gasteiger partial charge in [-0.2, -0.15) is 22.5 Å². The lowest BCUT2D eigenvalue weighted by Gasteiger charge is -2.15. The molecule has 0 amide bonds. The second-order valence-corrected chi connectivity index (χ2v) is 6.93. The molecule has 31 heavy (non-hydrogen) atoms. The first-order valence-electron chi connectivity index (χ1n) is 9.37. The normalized spacial score (nSPS) is 13.8. The molecule has 0 saturated carbocycles. The highest BCUT2D eigenvalue weighted by Gasteiger charge is 2.35. The van der Waals surface area contributed by atoms with E-state index in [9.17, 15) is 18.0 Å². The fraction of sp³-hybridized carbons (Fsp3) is 0.300. The predicted molar refractivity (Wildman–Crippen MR) is 104 cm³/mol. The van der Waals surface area contributed by atoms with E-state index in [2.05, 4.69) is 15.6 Å². The van der Waals surface area contributed by atoms with Gasteiger partial charge in [-0.25, -0.2) is 4.79 Å². The molecule has 0 saturated heterocycles. The van der Waals surface area contributed by atoms with Gasteiger partial charge in [0.2, 0.25) is 0 Å². The van der Waals surface area contributed by atoms with Gasteiger partial charge in [-0.1, -0.05) is 23.4 Å². The van der Waals surface area contributed by atoms with Gasteiger partial charge in [-0.3, -0.25) is 0 Å². The lowest BCUT2D eigenvalue weighted by Crippen LogP contribution is -2.24. The number of oxime groups is 1. The minimum Gasteiger partial charge on any atom is -0.493 e. The zero-order valence-corrected chi connectivity index (χ0v) is 16.7. The average molecular weight is 433 g/mol. The maximum atomic E-state index is 13.6. The van der Waals surface area contributed by atoms with Crippen LogP contribution in [0.1, 0.15) is 29.2 Å². The Morgan fingerprint density at radius 2 is 2.00 bits per heavy atom. The SMILES string of the molecule is CC(=NOCc1c(-n2nnn(C)c2=O)cccc1C(F)(F)F)c1cccc2c1CCO2. The van der Waals surface area contributed by atoms with Crippen LogP contribution < -0.4 is 10.4 Å². The number of fused-ring (bicyclic) bond motifs is 1. The molecular formula is C20H18F3N5O3. The van der Waals surface area contributed by atoms with E-state index in [1.165, 1.54) is 19.2 Å². The molecule has 1 aliphatic rings. The van der Waals surface area contributed by atoms with Gasteiger partial charge in [0.05, 0.1) is 23.6 Å². The monoisotopic (exact) mass is 433 g/mol. The summed E-state index contributed by atoms with van der Waals surface area (Å²) < 4.78 is 48.1. The number of ether oxygens (including phenoxy) is 1. The number of hydrogen-bond acceptors (Lipinski definition) is 6. The molecular weight excluding hydrogens is 415 g/mol. The van der Waals surface area contributed by atoms with Crippen LogP contribution in [0, 0.1) is 0 Å². The second kappa shape index (κ2) is 7.89. The van der Waals surface area contributed by atoms with E-state index in [0.29, 0.717) is 12.3 Å². The number of alkyl halides is 3. The summed E-state index contributed by atoms with van der Waals surface area (Å²) >= 11 is 0. The fourth-order valence-corrected chi connectivity index (χ4v) is 3.46. The molecule has 2 aromatic carbocycles. The van der Waals surface area contributed by atoms with Gasteiger partial charge < -0.3 is 9.57 Å². The Bertz CT molecular complexity index is 1210. The van der Waals surface area contributed by atoms with Crippen molar-refractivity contribution in [1.82, 2.24) is 19.8 Å². The topological polar surface area (TPSA) is 83.5 Å². The van der Waals surface area contributed by atoms with Crippen LogP contribution >= 0.6 is 0 Å². The van der Waals surface area contributed by atoms with E-state index < -0.39 is 24.0 Å². The van der Waals surface area contributed by atoms with Gasteiger partial charge in [0.1, 0.15) is 12.4 Å². The van der Waals surface area contributed by atoms with E-state index in [-0.39, 0.29) is 11.3 Å². The first kappa shape index (κ1) is 20.6. The van der Waals surface area contributed by atoms with Crippen molar-refractivity contribution < 1.29 is 22.7 Å². The molecule has 0 aliphatic carbocycles. The van der Waals surface area contributed by atoms with Crippen molar-refractivity contribution in [3.63, 3.8) is 0 Å². The Kier molecular flexibility index (Phi) is 5.25. The molecule has 162 valence electrons. The molecule has 3 aromatic rings. The Morgan fingerprint density at radius 3 is 2.71 bits per heavy atom. The highest BCUT2D eigenvalue weighted by molar-refractivity contribution is 6.00. The lowest BCUT2D eigenvalue weighted by molar-refractivity contribution is -0.138. The van der Waals surface area contributed by atoms with Gasteiger partial charge >= 0.3 is 11.9 Å². The van der Waals surface area contributed by atoms with Crippen LogP contribution in [0.4, 0.5) is 13.2 Å². The van der Waals surface area contributed by atoms with Crippen LogP contribution in [0.3, 0.4) is 0 Å². The van der Waals surface area contributed by atoms with Crippen molar-refractivity contribution in [1.29, 1.82) is 0 Å². The minimum absolute atomic E-state index is 0.0743. The third-order valence-electron chi connectivity index (χ3n) is 4.95. The van der Waals surface area contributed by atoms with Crippen molar-refractivity contribution in [3.8, 4) is 11.4 Å².